The van der Waals surface area contributed by atoms with Crippen molar-refractivity contribution in [3.8, 4) is 0 Å². The van der Waals surface area contributed by atoms with Crippen LogP contribution in [0.2, 0.25) is 0 Å². The molecule has 2 aliphatic rings. The molecule has 0 saturated heterocycles. The maximum atomic E-state index is 2.38. The van der Waals surface area contributed by atoms with Gasteiger partial charge in [0, 0.05) is 0 Å². The molecule has 0 N–H and O–H groups in total. The van der Waals surface area contributed by atoms with E-state index in [1.54, 1.807) is 0 Å². The monoisotopic (exact) mass is 362 g/mol. The van der Waals surface area contributed by atoms with Crippen molar-refractivity contribution in [1.29, 1.82) is 0 Å². The van der Waals surface area contributed by atoms with Crippen LogP contribution in [0.15, 0.2) is 115 Å². The minimum absolute atomic E-state index is 0.264. The summed E-state index contributed by atoms with van der Waals surface area (Å²) in [6, 6.07) is 30.8. The summed E-state index contributed by atoms with van der Waals surface area (Å²) in [6.07, 6.45) is 10.1. The summed E-state index contributed by atoms with van der Waals surface area (Å²) in [5.74, 6) is 0. The Balaban J connectivity index is 0.000000932. The molecule has 0 aliphatic heterocycles. The second-order valence-electron chi connectivity index (χ2n) is 6.89. The first kappa shape index (κ1) is 18.3. The second kappa shape index (κ2) is 7.86. The third-order valence-electron chi connectivity index (χ3n) is 5.59. The summed E-state index contributed by atoms with van der Waals surface area (Å²) in [5.41, 5.74) is 7.87. The van der Waals surface area contributed by atoms with Crippen LogP contribution in [0.25, 0.3) is 5.57 Å². The molecule has 0 spiro atoms. The fourth-order valence-electron chi connectivity index (χ4n) is 4.57. The zero-order chi connectivity index (χ0) is 19.4. The summed E-state index contributed by atoms with van der Waals surface area (Å²) in [6.45, 7) is 4.00. The van der Waals surface area contributed by atoms with Crippen molar-refractivity contribution in [2.75, 3.05) is 0 Å². The van der Waals surface area contributed by atoms with Crippen molar-refractivity contribution < 1.29 is 0 Å². The minimum atomic E-state index is -0.264. The molecule has 138 valence electrons. The molecule has 0 atom stereocenters. The van der Waals surface area contributed by atoms with Gasteiger partial charge in [-0.05, 0) is 39.8 Å². The van der Waals surface area contributed by atoms with Crippen LogP contribution in [-0.4, -0.2) is 0 Å². The molecule has 3 aromatic carbocycles. The van der Waals surface area contributed by atoms with E-state index in [0.717, 1.165) is 6.42 Å². The first-order chi connectivity index (χ1) is 13.9. The first-order valence-corrected chi connectivity index (χ1v) is 10.2. The van der Waals surface area contributed by atoms with Gasteiger partial charge in [0.25, 0.3) is 0 Å². The van der Waals surface area contributed by atoms with E-state index in [1.807, 2.05) is 13.8 Å². The van der Waals surface area contributed by atoms with Gasteiger partial charge < -0.3 is 0 Å². The lowest BCUT2D eigenvalue weighted by Crippen LogP contribution is -2.28. The van der Waals surface area contributed by atoms with Crippen molar-refractivity contribution >= 4 is 5.57 Å². The average Bonchev–Trinajstić information content (AvgIpc) is 2.90. The van der Waals surface area contributed by atoms with Crippen molar-refractivity contribution in [1.82, 2.24) is 0 Å². The van der Waals surface area contributed by atoms with Crippen LogP contribution in [0.5, 0.6) is 0 Å². The molecule has 5 rings (SSSR count). The molecule has 28 heavy (non-hydrogen) atoms. The predicted octanol–water partition coefficient (Wildman–Crippen LogP) is 7.33. The van der Waals surface area contributed by atoms with Gasteiger partial charge in [-0.1, -0.05) is 123 Å². The number of hydrogen-bond donors (Lipinski definition) is 0. The van der Waals surface area contributed by atoms with Gasteiger partial charge in [-0.15, -0.1) is 0 Å². The van der Waals surface area contributed by atoms with Crippen molar-refractivity contribution in [2.45, 2.75) is 25.7 Å². The number of benzene rings is 3. The largest absolute Gasteiger partial charge is 0.0807 e. The molecule has 0 amide bonds. The Morgan fingerprint density at radius 3 is 1.89 bits per heavy atom. The zero-order valence-corrected chi connectivity index (χ0v) is 16.6. The van der Waals surface area contributed by atoms with Gasteiger partial charge >= 0.3 is 0 Å². The van der Waals surface area contributed by atoms with E-state index in [2.05, 4.69) is 109 Å². The zero-order valence-electron chi connectivity index (χ0n) is 16.6. The molecule has 0 radical (unpaired) electrons. The molecule has 0 unspecified atom stereocenters. The van der Waals surface area contributed by atoms with Crippen LogP contribution >= 0.6 is 0 Å². The highest BCUT2D eigenvalue weighted by molar-refractivity contribution is 5.94. The second-order valence-corrected chi connectivity index (χ2v) is 6.89. The third kappa shape index (κ3) is 2.68. The summed E-state index contributed by atoms with van der Waals surface area (Å²) in [5, 5.41) is 0. The van der Waals surface area contributed by atoms with Crippen LogP contribution < -0.4 is 0 Å². The summed E-state index contributed by atoms with van der Waals surface area (Å²) in [4.78, 5) is 0. The highest BCUT2D eigenvalue weighted by Gasteiger charge is 2.47. The number of hydrogen-bond acceptors (Lipinski definition) is 0. The Bertz CT molecular complexity index is 994. The van der Waals surface area contributed by atoms with Crippen LogP contribution in [0.3, 0.4) is 0 Å². The van der Waals surface area contributed by atoms with Gasteiger partial charge in [-0.25, -0.2) is 0 Å². The first-order valence-electron chi connectivity index (χ1n) is 10.2. The highest BCUT2D eigenvalue weighted by Crippen LogP contribution is 2.57. The van der Waals surface area contributed by atoms with E-state index < -0.39 is 0 Å². The van der Waals surface area contributed by atoms with E-state index in [4.69, 9.17) is 0 Å². The van der Waals surface area contributed by atoms with Gasteiger partial charge in [0.05, 0.1) is 5.41 Å². The lowest BCUT2D eigenvalue weighted by Gasteiger charge is -2.34. The van der Waals surface area contributed by atoms with Gasteiger partial charge in [0.2, 0.25) is 0 Å². The van der Waals surface area contributed by atoms with E-state index in [-0.39, 0.29) is 5.41 Å². The normalized spacial score (nSPS) is 15.9. The summed E-state index contributed by atoms with van der Waals surface area (Å²) in [7, 11) is 0. The standard InChI is InChI=1S/C26H20.C2H6/c1-4-12-20(13-5-1)26(21-14-6-2-7-15-21)24-18-9-3-8-16-22(24)23-17-10-11-19-25(23)26;1-2/h1-7,9-19H,8H2;1-2H3. The summed E-state index contributed by atoms with van der Waals surface area (Å²) >= 11 is 0. The molecule has 0 heteroatoms. The quantitative estimate of drug-likeness (QED) is 0.447. The predicted molar refractivity (Wildman–Crippen MR) is 120 cm³/mol. The lowest BCUT2D eigenvalue weighted by molar-refractivity contribution is 0.769. The van der Waals surface area contributed by atoms with E-state index in [1.165, 1.54) is 33.4 Å². The topological polar surface area (TPSA) is 0 Å². The molecule has 0 bridgehead atoms. The molecule has 0 saturated carbocycles. The Morgan fingerprint density at radius 2 is 1.25 bits per heavy atom. The third-order valence-corrected chi connectivity index (χ3v) is 5.59. The molecular weight excluding hydrogens is 336 g/mol. The Hall–Kier alpha value is -3.12. The average molecular weight is 363 g/mol. The van der Waals surface area contributed by atoms with E-state index in [0.29, 0.717) is 0 Å². The van der Waals surface area contributed by atoms with Crippen molar-refractivity contribution in [3.63, 3.8) is 0 Å². The number of fused-ring (bicyclic) bond motifs is 3. The number of allylic oxidation sites excluding steroid dienone is 6. The molecule has 0 nitrogen and oxygen atoms in total. The van der Waals surface area contributed by atoms with Crippen LogP contribution in [0.1, 0.15) is 42.5 Å². The minimum Gasteiger partial charge on any atom is -0.0807 e. The lowest BCUT2D eigenvalue weighted by atomic mass is 9.67. The van der Waals surface area contributed by atoms with Crippen molar-refractivity contribution in [2.24, 2.45) is 0 Å². The number of rotatable bonds is 2. The van der Waals surface area contributed by atoms with E-state index >= 15 is 0 Å². The fourth-order valence-corrected chi connectivity index (χ4v) is 4.57. The smallest absolute Gasteiger partial charge is 0.0713 e. The molecule has 0 fully saturated rings. The fraction of sp³-hybridized carbons (Fsp3) is 0.143. The van der Waals surface area contributed by atoms with Gasteiger partial charge in [0.1, 0.15) is 0 Å². The SMILES string of the molecule is C1=CCC=C2C(=C1)C(c1ccccc1)(c1ccccc1)c1ccccc12.CC. The van der Waals surface area contributed by atoms with Gasteiger partial charge in [-0.2, -0.15) is 0 Å². The maximum absolute atomic E-state index is 2.38. The van der Waals surface area contributed by atoms with Crippen LogP contribution in [0, 0.1) is 0 Å². The maximum Gasteiger partial charge on any atom is 0.0713 e. The molecule has 0 heterocycles. The Morgan fingerprint density at radius 1 is 0.679 bits per heavy atom. The molecule has 2 aliphatic carbocycles. The molecule has 3 aromatic rings. The Labute approximate surface area is 168 Å². The van der Waals surface area contributed by atoms with Crippen LogP contribution in [-0.2, 0) is 5.41 Å². The van der Waals surface area contributed by atoms with Crippen molar-refractivity contribution in [3.05, 3.63) is 137 Å². The Kier molecular flexibility index (Phi) is 5.12. The molecular formula is C28H26. The molecule has 0 aromatic heterocycles. The van der Waals surface area contributed by atoms with Gasteiger partial charge in [-0.3, -0.25) is 0 Å². The summed E-state index contributed by atoms with van der Waals surface area (Å²) < 4.78 is 0. The van der Waals surface area contributed by atoms with Crippen LogP contribution in [0.4, 0.5) is 0 Å². The highest BCUT2D eigenvalue weighted by atomic mass is 14.5. The van der Waals surface area contributed by atoms with Gasteiger partial charge in [0.15, 0.2) is 0 Å². The van der Waals surface area contributed by atoms with E-state index in [9.17, 15) is 0 Å².